The first-order chi connectivity index (χ1) is 36.8. The van der Waals surface area contributed by atoms with Crippen molar-refractivity contribution < 1.29 is 75.8 Å². The average molecular weight is 1120 g/mol. The zero-order chi connectivity index (χ0) is 57.6. The van der Waals surface area contributed by atoms with Crippen molar-refractivity contribution in [3.05, 3.63) is 47.6 Å². The molecule has 0 aromatic heterocycles. The standard InChI is InChI=1S/C57H90N4O16S/c1-35-17-13-12-14-18-36(2)47(72-9)33-43-22-20-41(7)57(69,77-43)53(65)54(66)61-24-16-15-19-44(61)55(67)75-48(34-45(62)37(3)30-40(6)51(64)52(74-11)50(63)39(5)29-35)38(4)31-42-21-23-46(49(32-42)73-10)76-56(68)58-78(70,71)60-27-25-59(8)26-28-60/h12-14,17-18,30,35,37-39,41-44,46-49,51-52,64,69H,15-16,19-29,31-34H2,1-11H3,(H,58,68)/b14-12?,17-13+,36-18?,40-30+/t35-,37-,38-,39-,41-,42+,43+,44+,46-,47+,48+,49-,51-,52+,57-/m1/s1. The van der Waals surface area contributed by atoms with Gasteiger partial charge in [0.05, 0.1) is 18.3 Å². The molecule has 1 saturated carbocycles. The number of esters is 1. The monoisotopic (exact) mass is 1120 g/mol. The molecule has 0 spiro atoms. The molecule has 78 heavy (non-hydrogen) atoms. The highest BCUT2D eigenvalue weighted by Gasteiger charge is 2.53. The van der Waals surface area contributed by atoms with Gasteiger partial charge in [0.2, 0.25) is 5.79 Å². The number of allylic oxidation sites excluding steroid dienone is 6. The van der Waals surface area contributed by atoms with E-state index in [4.69, 9.17) is 28.4 Å². The third-order valence-electron chi connectivity index (χ3n) is 16.7. The fraction of sp³-hybridized carbons (Fsp3) is 0.754. The molecule has 4 fully saturated rings. The number of amides is 2. The van der Waals surface area contributed by atoms with Crippen LogP contribution in [0.25, 0.3) is 0 Å². The summed E-state index contributed by atoms with van der Waals surface area (Å²) in [5.41, 5.74) is 1.20. The summed E-state index contributed by atoms with van der Waals surface area (Å²) < 4.78 is 64.6. The number of Topliss-reactive ketones (excluding diaryl/α,β-unsaturated/α-hetero) is 3. The number of ketones is 3. The topological polar surface area (TPSA) is 254 Å². The third kappa shape index (κ3) is 17.2. The van der Waals surface area contributed by atoms with Crippen molar-refractivity contribution in [3.63, 3.8) is 0 Å². The molecule has 4 heterocycles. The maximum absolute atomic E-state index is 14.6. The lowest BCUT2D eigenvalue weighted by Crippen LogP contribution is -2.61. The van der Waals surface area contributed by atoms with Gasteiger partial charge in [0.25, 0.3) is 11.7 Å². The highest BCUT2D eigenvalue weighted by atomic mass is 32.2. The zero-order valence-electron chi connectivity index (χ0n) is 47.9. The summed E-state index contributed by atoms with van der Waals surface area (Å²) in [6.07, 6.45) is 8.03. The van der Waals surface area contributed by atoms with Gasteiger partial charge < -0.3 is 48.4 Å². The van der Waals surface area contributed by atoms with Gasteiger partial charge in [0, 0.05) is 84.6 Å². The summed E-state index contributed by atoms with van der Waals surface area (Å²) in [5.74, 6) is -8.82. The minimum absolute atomic E-state index is 0.0149. The van der Waals surface area contributed by atoms with Crippen molar-refractivity contribution in [2.24, 2.45) is 35.5 Å². The fourth-order valence-electron chi connectivity index (χ4n) is 11.6. The van der Waals surface area contributed by atoms with E-state index in [1.54, 1.807) is 40.9 Å². The van der Waals surface area contributed by atoms with Gasteiger partial charge in [0.1, 0.15) is 36.2 Å². The third-order valence-corrected chi connectivity index (χ3v) is 18.2. The van der Waals surface area contributed by atoms with Crippen molar-refractivity contribution in [2.75, 3.05) is 61.1 Å². The van der Waals surface area contributed by atoms with Gasteiger partial charge in [-0.25, -0.2) is 14.3 Å². The number of carbonyl (C=O) groups is 6. The smallest absolute Gasteiger partial charge is 0.422 e. The number of nitrogens with zero attached hydrogens (tertiary/aromatic N) is 3. The number of likely N-dealkylation sites (N-methyl/N-ethyl adjacent to an activating group) is 1. The van der Waals surface area contributed by atoms with Crippen LogP contribution >= 0.6 is 0 Å². The lowest BCUT2D eigenvalue weighted by molar-refractivity contribution is -0.265. The number of hydrogen-bond acceptors (Lipinski definition) is 17. The molecule has 3 saturated heterocycles. The molecule has 5 aliphatic rings. The number of aliphatic hydroxyl groups is 2. The van der Waals surface area contributed by atoms with E-state index in [0.717, 1.165) is 10.5 Å². The first kappa shape index (κ1) is 64.6. The Bertz CT molecular complexity index is 2320. The first-order valence-electron chi connectivity index (χ1n) is 28.0. The first-order valence-corrected chi connectivity index (χ1v) is 29.4. The lowest BCUT2D eigenvalue weighted by atomic mass is 9.78. The van der Waals surface area contributed by atoms with Crippen molar-refractivity contribution in [3.8, 4) is 0 Å². The second-order valence-electron chi connectivity index (χ2n) is 22.8. The van der Waals surface area contributed by atoms with E-state index in [2.05, 4.69) is 0 Å². The van der Waals surface area contributed by atoms with E-state index in [1.165, 1.54) is 18.5 Å². The number of nitrogens with one attached hydrogen (secondary N) is 1. The van der Waals surface area contributed by atoms with Crippen LogP contribution in [-0.4, -0.2) is 184 Å². The summed E-state index contributed by atoms with van der Waals surface area (Å²) >= 11 is 0. The Hall–Kier alpha value is -4.19. The minimum Gasteiger partial charge on any atom is -0.460 e. The Morgan fingerprint density at radius 2 is 1.55 bits per heavy atom. The number of piperazine rings is 1. The Labute approximate surface area is 462 Å². The predicted octanol–water partition coefficient (Wildman–Crippen LogP) is 5.41. The lowest BCUT2D eigenvalue weighted by Gasteiger charge is -2.42. The second-order valence-corrected chi connectivity index (χ2v) is 24.4. The molecule has 0 radical (unpaired) electrons. The van der Waals surface area contributed by atoms with Gasteiger partial charge >= 0.3 is 22.3 Å². The molecule has 21 heteroatoms. The van der Waals surface area contributed by atoms with Crippen LogP contribution in [-0.2, 0) is 62.6 Å². The summed E-state index contributed by atoms with van der Waals surface area (Å²) in [5, 5.41) is 23.6. The van der Waals surface area contributed by atoms with E-state index in [0.29, 0.717) is 76.5 Å². The number of fused-ring (bicyclic) bond motifs is 3. The van der Waals surface area contributed by atoms with Gasteiger partial charge in [-0.05, 0) is 114 Å². The number of rotatable bonds is 9. The number of aliphatic hydroxyl groups excluding tert-OH is 1. The number of piperidine rings is 1. The number of methoxy groups -OCH3 is 3. The van der Waals surface area contributed by atoms with Crippen LogP contribution in [0.1, 0.15) is 126 Å². The highest BCUT2D eigenvalue weighted by molar-refractivity contribution is 7.87. The van der Waals surface area contributed by atoms with Gasteiger partial charge in [-0.2, -0.15) is 12.7 Å². The Morgan fingerprint density at radius 3 is 2.22 bits per heavy atom. The van der Waals surface area contributed by atoms with Crippen molar-refractivity contribution >= 4 is 45.5 Å². The maximum Gasteiger partial charge on any atom is 0.422 e. The zero-order valence-corrected chi connectivity index (χ0v) is 48.7. The molecule has 0 aromatic rings. The molecule has 0 unspecified atom stereocenters. The van der Waals surface area contributed by atoms with Gasteiger partial charge in [-0.3, -0.25) is 19.2 Å². The van der Waals surface area contributed by atoms with Crippen molar-refractivity contribution in [1.29, 1.82) is 0 Å². The van der Waals surface area contributed by atoms with Crippen LogP contribution in [0.2, 0.25) is 0 Å². The SMILES string of the molecule is CO[C@H]1C[C@@H]2CC[C@@H](C)[C@@](O)(O2)C(=O)C(=O)N2CCCC[C@H]2C(=O)O[C@H]([C@H](C)C[C@@H]2CC[C@@H](OC(=O)NS(=O)(=O)N3CCN(C)CC3)[C@H](OC)C2)CC(=O)[C@H](C)/C=C(\C)[C@@H](O)[C@@H](OC)C(=O)[C@H](C)C[C@H](C)/C=C/C=CC=C1C. The van der Waals surface area contributed by atoms with Crippen LogP contribution in [0.5, 0.6) is 0 Å². The van der Waals surface area contributed by atoms with E-state index in [-0.39, 0.29) is 62.3 Å². The predicted molar refractivity (Wildman–Crippen MR) is 291 cm³/mol. The molecule has 5 rings (SSSR count). The number of cyclic esters (lactones) is 1. The summed E-state index contributed by atoms with van der Waals surface area (Å²) in [6.45, 7) is 14.0. The van der Waals surface area contributed by atoms with Crippen LogP contribution in [0.15, 0.2) is 47.6 Å². The van der Waals surface area contributed by atoms with Crippen LogP contribution in [0.3, 0.4) is 0 Å². The van der Waals surface area contributed by atoms with E-state index < -0.39 is 112 Å². The van der Waals surface area contributed by atoms with Crippen molar-refractivity contribution in [2.45, 2.75) is 180 Å². The van der Waals surface area contributed by atoms with E-state index >= 15 is 0 Å². The molecular formula is C57H90N4O16S. The minimum atomic E-state index is -4.14. The van der Waals surface area contributed by atoms with Gasteiger partial charge in [-0.15, -0.1) is 0 Å². The number of hydrogen-bond donors (Lipinski definition) is 3. The average Bonchev–Trinajstić information content (AvgIpc) is 3.43. The molecule has 15 atom stereocenters. The fourth-order valence-corrected chi connectivity index (χ4v) is 12.6. The number of ether oxygens (including phenoxy) is 6. The van der Waals surface area contributed by atoms with E-state index in [1.807, 2.05) is 67.8 Å². The normalized spacial score (nSPS) is 36.3. The molecular weight excluding hydrogens is 1030 g/mol. The molecule has 440 valence electrons. The molecule has 20 nitrogen and oxygen atoms in total. The Morgan fingerprint density at radius 1 is 0.846 bits per heavy atom. The second kappa shape index (κ2) is 29.5. The largest absolute Gasteiger partial charge is 0.460 e. The molecule has 4 aliphatic heterocycles. The summed E-state index contributed by atoms with van der Waals surface area (Å²) in [4.78, 5) is 87.7. The van der Waals surface area contributed by atoms with Gasteiger partial charge in [0.15, 0.2) is 5.78 Å². The molecule has 2 bridgehead atoms. The molecule has 1 aliphatic carbocycles. The Kier molecular flexibility index (Phi) is 24.4. The van der Waals surface area contributed by atoms with Crippen molar-refractivity contribution in [1.82, 2.24) is 18.8 Å². The summed E-state index contributed by atoms with van der Waals surface area (Å²) in [7, 11) is 2.14. The van der Waals surface area contributed by atoms with Crippen LogP contribution in [0, 0.1) is 35.5 Å². The quantitative estimate of drug-likeness (QED) is 0.148. The number of carbonyl (C=O) groups excluding carboxylic acids is 6. The molecule has 0 aromatic carbocycles. The molecule has 3 N–H and O–H groups in total. The van der Waals surface area contributed by atoms with Crippen LogP contribution in [0.4, 0.5) is 4.79 Å². The summed E-state index contributed by atoms with van der Waals surface area (Å²) in [6, 6.07) is -1.22. The Balaban J connectivity index is 1.41. The van der Waals surface area contributed by atoms with Gasteiger partial charge in [-0.1, -0.05) is 71.1 Å². The van der Waals surface area contributed by atoms with E-state index in [9.17, 15) is 47.4 Å². The molecule has 2 amide bonds. The highest BCUT2D eigenvalue weighted by Crippen LogP contribution is 2.38. The van der Waals surface area contributed by atoms with Crippen LogP contribution < -0.4 is 4.72 Å². The maximum atomic E-state index is 14.6.